The molecule has 4 nitrogen and oxygen atoms in total. The molecule has 0 aliphatic carbocycles. The summed E-state index contributed by atoms with van der Waals surface area (Å²) in [5.41, 5.74) is 3.15. The minimum Gasteiger partial charge on any atom is -0.493 e. The van der Waals surface area contributed by atoms with Crippen molar-refractivity contribution >= 4 is 0 Å². The number of benzene rings is 1. The first-order valence-electron chi connectivity index (χ1n) is 4.22. The van der Waals surface area contributed by atoms with E-state index in [1.165, 1.54) is 13.2 Å². The molecule has 15 heavy (non-hydrogen) atoms. The Morgan fingerprint density at radius 3 is 2.67 bits per heavy atom. The van der Waals surface area contributed by atoms with E-state index in [0.29, 0.717) is 6.54 Å². The van der Waals surface area contributed by atoms with Crippen molar-refractivity contribution in [2.45, 2.75) is 13.2 Å². The number of nitrogens with two attached hydrogens (primary N) is 1. The van der Waals surface area contributed by atoms with Crippen molar-refractivity contribution < 1.29 is 18.3 Å². The maximum Gasteiger partial charge on any atom is 0.387 e. The van der Waals surface area contributed by atoms with Gasteiger partial charge in [-0.25, -0.2) is 0 Å². The zero-order valence-corrected chi connectivity index (χ0v) is 8.17. The van der Waals surface area contributed by atoms with Gasteiger partial charge in [0.1, 0.15) is 0 Å². The smallest absolute Gasteiger partial charge is 0.387 e. The van der Waals surface area contributed by atoms with Gasteiger partial charge in [-0.15, -0.1) is 0 Å². The maximum atomic E-state index is 12.0. The van der Waals surface area contributed by atoms with Gasteiger partial charge in [0.25, 0.3) is 0 Å². The standard InChI is InChI=1S/C9H12F2N2O2/c1-14-7-3-2-6(5-13-12)4-8(7)15-9(10)11/h2-4,9,13H,5,12H2,1H3. The zero-order valence-electron chi connectivity index (χ0n) is 8.17. The highest BCUT2D eigenvalue weighted by molar-refractivity contribution is 5.42. The number of halogens is 2. The summed E-state index contributed by atoms with van der Waals surface area (Å²) in [5, 5.41) is 0. The highest BCUT2D eigenvalue weighted by atomic mass is 19.3. The normalized spacial score (nSPS) is 10.5. The van der Waals surface area contributed by atoms with Crippen LogP contribution in [0.15, 0.2) is 18.2 Å². The molecule has 84 valence electrons. The summed E-state index contributed by atoms with van der Waals surface area (Å²) >= 11 is 0. The van der Waals surface area contributed by atoms with Crippen molar-refractivity contribution in [2.24, 2.45) is 5.84 Å². The second-order valence-electron chi connectivity index (χ2n) is 2.74. The molecule has 0 saturated carbocycles. The molecular weight excluding hydrogens is 206 g/mol. The molecule has 0 atom stereocenters. The van der Waals surface area contributed by atoms with Crippen molar-refractivity contribution in [3.05, 3.63) is 23.8 Å². The Morgan fingerprint density at radius 1 is 1.40 bits per heavy atom. The van der Waals surface area contributed by atoms with Gasteiger partial charge in [0, 0.05) is 6.54 Å². The summed E-state index contributed by atoms with van der Waals surface area (Å²) in [6, 6.07) is 4.70. The summed E-state index contributed by atoms with van der Waals surface area (Å²) in [4.78, 5) is 0. The topological polar surface area (TPSA) is 56.5 Å². The van der Waals surface area contributed by atoms with Crippen molar-refractivity contribution in [1.82, 2.24) is 5.43 Å². The van der Waals surface area contributed by atoms with Crippen LogP contribution in [0.3, 0.4) is 0 Å². The van der Waals surface area contributed by atoms with Gasteiger partial charge in [0.2, 0.25) is 0 Å². The van der Waals surface area contributed by atoms with Crippen LogP contribution >= 0.6 is 0 Å². The van der Waals surface area contributed by atoms with Crippen LogP contribution in [0.1, 0.15) is 5.56 Å². The van der Waals surface area contributed by atoms with Crippen LogP contribution in [0.5, 0.6) is 11.5 Å². The summed E-state index contributed by atoms with van der Waals surface area (Å²) < 4.78 is 33.2. The molecule has 0 bridgehead atoms. The van der Waals surface area contributed by atoms with E-state index in [0.717, 1.165) is 5.56 Å². The molecule has 1 aromatic carbocycles. The van der Waals surface area contributed by atoms with Crippen molar-refractivity contribution in [2.75, 3.05) is 7.11 Å². The Hall–Kier alpha value is -1.40. The van der Waals surface area contributed by atoms with Crippen molar-refractivity contribution in [3.8, 4) is 11.5 Å². The fourth-order valence-electron chi connectivity index (χ4n) is 1.14. The van der Waals surface area contributed by atoms with Crippen LogP contribution in [0.2, 0.25) is 0 Å². The molecule has 0 saturated heterocycles. The highest BCUT2D eigenvalue weighted by Gasteiger charge is 2.10. The summed E-state index contributed by atoms with van der Waals surface area (Å²) in [6.07, 6.45) is 0. The summed E-state index contributed by atoms with van der Waals surface area (Å²) in [6.45, 7) is -2.51. The number of methoxy groups -OCH3 is 1. The number of rotatable bonds is 5. The number of nitrogens with one attached hydrogen (secondary N) is 1. The first-order chi connectivity index (χ1) is 7.17. The molecule has 0 amide bonds. The van der Waals surface area contributed by atoms with Gasteiger partial charge < -0.3 is 9.47 Å². The lowest BCUT2D eigenvalue weighted by molar-refractivity contribution is -0.0512. The SMILES string of the molecule is COc1ccc(CNN)cc1OC(F)F. The Kier molecular flexibility index (Phi) is 4.26. The molecular formula is C9H12F2N2O2. The molecule has 0 fully saturated rings. The third kappa shape index (κ3) is 3.34. The van der Waals surface area contributed by atoms with Crippen molar-refractivity contribution in [3.63, 3.8) is 0 Å². The first kappa shape index (κ1) is 11.7. The number of hydrogen-bond donors (Lipinski definition) is 2. The van der Waals surface area contributed by atoms with Crippen molar-refractivity contribution in [1.29, 1.82) is 0 Å². The molecule has 0 aliphatic rings. The van der Waals surface area contributed by atoms with E-state index in [-0.39, 0.29) is 11.5 Å². The Morgan fingerprint density at radius 2 is 2.13 bits per heavy atom. The average molecular weight is 218 g/mol. The minimum absolute atomic E-state index is 0.000231. The van der Waals surface area contributed by atoms with Gasteiger partial charge in [0.15, 0.2) is 11.5 Å². The van der Waals surface area contributed by atoms with Crippen LogP contribution in [-0.4, -0.2) is 13.7 Å². The monoisotopic (exact) mass is 218 g/mol. The predicted molar refractivity (Wildman–Crippen MR) is 50.7 cm³/mol. The fourth-order valence-corrected chi connectivity index (χ4v) is 1.14. The van der Waals surface area contributed by atoms with E-state index >= 15 is 0 Å². The highest BCUT2D eigenvalue weighted by Crippen LogP contribution is 2.29. The van der Waals surface area contributed by atoms with E-state index < -0.39 is 6.61 Å². The van der Waals surface area contributed by atoms with Crippen LogP contribution in [0.4, 0.5) is 8.78 Å². The first-order valence-corrected chi connectivity index (χ1v) is 4.22. The summed E-state index contributed by atoms with van der Waals surface area (Å²) in [5.74, 6) is 5.37. The number of hydrazine groups is 1. The molecule has 3 N–H and O–H groups in total. The van der Waals surface area contributed by atoms with E-state index in [2.05, 4.69) is 10.2 Å². The lowest BCUT2D eigenvalue weighted by atomic mass is 10.2. The van der Waals surface area contributed by atoms with Crippen LogP contribution in [0.25, 0.3) is 0 Å². The second-order valence-corrected chi connectivity index (χ2v) is 2.74. The molecule has 1 rings (SSSR count). The predicted octanol–water partition coefficient (Wildman–Crippen LogP) is 1.26. The Bertz CT molecular complexity index is 321. The molecule has 0 radical (unpaired) electrons. The quantitative estimate of drug-likeness (QED) is 0.577. The molecule has 1 aromatic rings. The van der Waals surface area contributed by atoms with Crippen LogP contribution in [-0.2, 0) is 6.54 Å². The minimum atomic E-state index is -2.88. The van der Waals surface area contributed by atoms with Gasteiger partial charge >= 0.3 is 6.61 Å². The average Bonchev–Trinajstić information content (AvgIpc) is 2.18. The zero-order chi connectivity index (χ0) is 11.3. The van der Waals surface area contributed by atoms with E-state index in [4.69, 9.17) is 10.6 Å². The van der Waals surface area contributed by atoms with Gasteiger partial charge in [-0.3, -0.25) is 11.3 Å². The Balaban J connectivity index is 2.91. The van der Waals surface area contributed by atoms with Gasteiger partial charge in [-0.05, 0) is 17.7 Å². The molecule has 0 aliphatic heterocycles. The van der Waals surface area contributed by atoms with E-state index in [9.17, 15) is 8.78 Å². The second kappa shape index (κ2) is 5.47. The lowest BCUT2D eigenvalue weighted by Gasteiger charge is -2.11. The van der Waals surface area contributed by atoms with E-state index in [1.807, 2.05) is 0 Å². The molecule has 0 heterocycles. The summed E-state index contributed by atoms with van der Waals surface area (Å²) in [7, 11) is 1.38. The Labute approximate surface area is 85.9 Å². The molecule has 0 spiro atoms. The van der Waals surface area contributed by atoms with E-state index in [1.54, 1.807) is 12.1 Å². The molecule has 0 aromatic heterocycles. The molecule has 6 heteroatoms. The largest absolute Gasteiger partial charge is 0.493 e. The third-order valence-corrected chi connectivity index (χ3v) is 1.75. The fraction of sp³-hybridized carbons (Fsp3) is 0.333. The van der Waals surface area contributed by atoms with Gasteiger partial charge in [-0.1, -0.05) is 6.07 Å². The van der Waals surface area contributed by atoms with Crippen LogP contribution in [0, 0.1) is 0 Å². The lowest BCUT2D eigenvalue weighted by Crippen LogP contribution is -2.20. The van der Waals surface area contributed by atoms with Gasteiger partial charge in [0.05, 0.1) is 7.11 Å². The maximum absolute atomic E-state index is 12.0. The third-order valence-electron chi connectivity index (χ3n) is 1.75. The number of hydrogen-bond acceptors (Lipinski definition) is 4. The number of ether oxygens (including phenoxy) is 2. The molecule has 0 unspecified atom stereocenters. The number of alkyl halides is 2. The van der Waals surface area contributed by atoms with Gasteiger partial charge in [-0.2, -0.15) is 8.78 Å². The van der Waals surface area contributed by atoms with Crippen LogP contribution < -0.4 is 20.7 Å².